The Morgan fingerprint density at radius 3 is 2.57 bits per heavy atom. The molecule has 0 radical (unpaired) electrons. The summed E-state index contributed by atoms with van der Waals surface area (Å²) >= 11 is 0. The SMILES string of the molecule is Cc1[nH]nc(C(F)(F)F)c1N=NN1CCC(C(N)=O)CC1. The summed E-state index contributed by atoms with van der Waals surface area (Å²) in [5.74, 6) is -0.575. The fourth-order valence-corrected chi connectivity index (χ4v) is 2.09. The number of hydrogen-bond donors (Lipinski definition) is 2. The summed E-state index contributed by atoms with van der Waals surface area (Å²) in [5.41, 5.74) is 3.99. The lowest BCUT2D eigenvalue weighted by Gasteiger charge is -2.26. The fraction of sp³-hybridized carbons (Fsp3) is 0.636. The van der Waals surface area contributed by atoms with Gasteiger partial charge in [-0.25, -0.2) is 0 Å². The maximum absolute atomic E-state index is 12.7. The molecule has 116 valence electrons. The molecule has 7 nitrogen and oxygen atoms in total. The zero-order valence-electron chi connectivity index (χ0n) is 11.3. The van der Waals surface area contributed by atoms with Gasteiger partial charge in [-0.1, -0.05) is 5.22 Å². The molecular weight excluding hydrogens is 289 g/mol. The predicted octanol–water partition coefficient (Wildman–Crippen LogP) is 1.93. The summed E-state index contributed by atoms with van der Waals surface area (Å²) in [7, 11) is 0. The number of alkyl halides is 3. The minimum Gasteiger partial charge on any atom is -0.369 e. The Morgan fingerprint density at radius 1 is 1.43 bits per heavy atom. The van der Waals surface area contributed by atoms with Crippen LogP contribution in [0.3, 0.4) is 0 Å². The van der Waals surface area contributed by atoms with Gasteiger partial charge in [0.1, 0.15) is 5.69 Å². The number of primary amides is 1. The standard InChI is InChI=1S/C11H15F3N6O/c1-6-8(9(18-16-6)11(12,13)14)17-19-20-4-2-7(3-5-20)10(15)21/h7H,2-5H2,1H3,(H2,15,21)(H,16,18). The summed E-state index contributed by atoms with van der Waals surface area (Å²) in [4.78, 5) is 11.0. The molecule has 21 heavy (non-hydrogen) atoms. The lowest BCUT2D eigenvalue weighted by molar-refractivity contribution is -0.140. The Balaban J connectivity index is 2.06. The minimum absolute atomic E-state index is 0.193. The molecule has 0 atom stereocenters. The van der Waals surface area contributed by atoms with Gasteiger partial charge in [0, 0.05) is 19.0 Å². The highest BCUT2D eigenvalue weighted by Crippen LogP contribution is 2.36. The number of hydrogen-bond acceptors (Lipinski definition) is 4. The lowest BCUT2D eigenvalue weighted by Crippen LogP contribution is -2.35. The highest BCUT2D eigenvalue weighted by atomic mass is 19.4. The number of piperidine rings is 1. The summed E-state index contributed by atoms with van der Waals surface area (Å²) in [6, 6.07) is 0. The van der Waals surface area contributed by atoms with Crippen molar-refractivity contribution < 1.29 is 18.0 Å². The number of nitrogens with two attached hydrogens (primary N) is 1. The Bertz CT molecular complexity index is 545. The molecule has 2 rings (SSSR count). The van der Waals surface area contributed by atoms with Crippen molar-refractivity contribution >= 4 is 11.6 Å². The van der Waals surface area contributed by atoms with Gasteiger partial charge in [0.05, 0.1) is 5.69 Å². The highest BCUT2D eigenvalue weighted by molar-refractivity contribution is 5.76. The van der Waals surface area contributed by atoms with Crippen LogP contribution in [0.4, 0.5) is 18.9 Å². The number of nitrogens with zero attached hydrogens (tertiary/aromatic N) is 4. The van der Waals surface area contributed by atoms with Crippen LogP contribution in [0, 0.1) is 12.8 Å². The highest BCUT2D eigenvalue weighted by Gasteiger charge is 2.38. The average molecular weight is 304 g/mol. The van der Waals surface area contributed by atoms with E-state index < -0.39 is 11.9 Å². The van der Waals surface area contributed by atoms with Crippen molar-refractivity contribution in [2.45, 2.75) is 25.9 Å². The van der Waals surface area contributed by atoms with Crippen molar-refractivity contribution in [2.75, 3.05) is 13.1 Å². The zero-order valence-corrected chi connectivity index (χ0v) is 11.3. The minimum atomic E-state index is -4.59. The van der Waals surface area contributed by atoms with E-state index in [2.05, 4.69) is 20.5 Å². The van der Waals surface area contributed by atoms with E-state index in [4.69, 9.17) is 5.73 Å². The van der Waals surface area contributed by atoms with Gasteiger partial charge < -0.3 is 5.73 Å². The molecule has 1 fully saturated rings. The largest absolute Gasteiger partial charge is 0.437 e. The molecule has 1 aromatic heterocycles. The normalized spacial score (nSPS) is 17.6. The third kappa shape index (κ3) is 3.50. The van der Waals surface area contributed by atoms with Gasteiger partial charge >= 0.3 is 6.18 Å². The molecule has 2 heterocycles. The van der Waals surface area contributed by atoms with Crippen LogP contribution in [0.1, 0.15) is 24.2 Å². The van der Waals surface area contributed by atoms with Crippen molar-refractivity contribution in [3.05, 3.63) is 11.4 Å². The number of aromatic nitrogens is 2. The maximum atomic E-state index is 12.7. The Kier molecular flexibility index (Phi) is 4.14. The van der Waals surface area contributed by atoms with Gasteiger partial charge in [0.2, 0.25) is 5.91 Å². The van der Waals surface area contributed by atoms with E-state index in [-0.39, 0.29) is 23.2 Å². The first-order valence-corrected chi connectivity index (χ1v) is 6.37. The van der Waals surface area contributed by atoms with E-state index in [9.17, 15) is 18.0 Å². The summed E-state index contributed by atoms with van der Waals surface area (Å²) in [6.07, 6.45) is -3.55. The van der Waals surface area contributed by atoms with Crippen molar-refractivity contribution in [3.8, 4) is 0 Å². The first kappa shape index (κ1) is 15.3. The van der Waals surface area contributed by atoms with Crippen molar-refractivity contribution in [1.82, 2.24) is 15.2 Å². The molecular formula is C11H15F3N6O. The predicted molar refractivity (Wildman–Crippen MR) is 66.3 cm³/mol. The van der Waals surface area contributed by atoms with Crippen LogP contribution >= 0.6 is 0 Å². The summed E-state index contributed by atoms with van der Waals surface area (Å²) < 4.78 is 38.2. The van der Waals surface area contributed by atoms with Crippen LogP contribution < -0.4 is 5.73 Å². The smallest absolute Gasteiger partial charge is 0.369 e. The maximum Gasteiger partial charge on any atom is 0.437 e. The monoisotopic (exact) mass is 304 g/mol. The average Bonchev–Trinajstić information content (AvgIpc) is 2.78. The molecule has 0 aromatic carbocycles. The van der Waals surface area contributed by atoms with Gasteiger partial charge in [-0.2, -0.15) is 18.3 Å². The first-order chi connectivity index (χ1) is 9.79. The molecule has 1 amide bonds. The van der Waals surface area contributed by atoms with Crippen molar-refractivity contribution in [2.24, 2.45) is 22.0 Å². The molecule has 1 aliphatic rings. The van der Waals surface area contributed by atoms with Crippen molar-refractivity contribution in [3.63, 3.8) is 0 Å². The number of halogens is 3. The Hall–Kier alpha value is -2.13. The van der Waals surface area contributed by atoms with E-state index in [1.54, 1.807) is 0 Å². The Labute approximate surface area is 118 Å². The number of H-pyrrole nitrogens is 1. The molecule has 0 bridgehead atoms. The van der Waals surface area contributed by atoms with Gasteiger partial charge in [-0.05, 0) is 19.8 Å². The molecule has 3 N–H and O–H groups in total. The second-order valence-electron chi connectivity index (χ2n) is 4.86. The van der Waals surface area contributed by atoms with Crippen LogP contribution in [0.15, 0.2) is 10.3 Å². The third-order valence-electron chi connectivity index (χ3n) is 3.33. The van der Waals surface area contributed by atoms with E-state index in [0.717, 1.165) is 0 Å². The van der Waals surface area contributed by atoms with E-state index >= 15 is 0 Å². The van der Waals surface area contributed by atoms with E-state index in [1.165, 1.54) is 11.9 Å². The van der Waals surface area contributed by atoms with E-state index in [0.29, 0.717) is 25.9 Å². The molecule has 1 saturated heterocycles. The lowest BCUT2D eigenvalue weighted by atomic mass is 9.97. The summed E-state index contributed by atoms with van der Waals surface area (Å²) in [6.45, 7) is 2.29. The third-order valence-corrected chi connectivity index (χ3v) is 3.33. The number of nitrogens with one attached hydrogen (secondary N) is 1. The Morgan fingerprint density at radius 2 is 2.05 bits per heavy atom. The molecule has 0 aliphatic carbocycles. The molecule has 0 spiro atoms. The number of rotatable bonds is 3. The molecule has 10 heteroatoms. The van der Waals surface area contributed by atoms with Crippen LogP contribution in [0.5, 0.6) is 0 Å². The molecule has 1 aliphatic heterocycles. The molecule has 0 saturated carbocycles. The van der Waals surface area contributed by atoms with Gasteiger partial charge in [0.15, 0.2) is 5.69 Å². The first-order valence-electron chi connectivity index (χ1n) is 6.37. The van der Waals surface area contributed by atoms with Gasteiger partial charge in [-0.3, -0.25) is 14.9 Å². The number of aromatic amines is 1. The molecule has 0 unspecified atom stereocenters. The van der Waals surface area contributed by atoms with E-state index in [1.807, 2.05) is 0 Å². The second kappa shape index (κ2) is 5.70. The number of aryl methyl sites for hydroxylation is 1. The number of carbonyl (C=O) groups is 1. The van der Waals surface area contributed by atoms with Crippen molar-refractivity contribution in [1.29, 1.82) is 0 Å². The fourth-order valence-electron chi connectivity index (χ4n) is 2.09. The number of amides is 1. The number of carbonyl (C=O) groups excluding carboxylic acids is 1. The van der Waals surface area contributed by atoms with Crippen LogP contribution in [-0.2, 0) is 11.0 Å². The van der Waals surface area contributed by atoms with Crippen LogP contribution in [-0.4, -0.2) is 34.2 Å². The van der Waals surface area contributed by atoms with Crippen LogP contribution in [0.25, 0.3) is 0 Å². The quantitative estimate of drug-likeness (QED) is 0.834. The molecule has 1 aromatic rings. The van der Waals surface area contributed by atoms with Gasteiger partial charge in [0.25, 0.3) is 0 Å². The zero-order chi connectivity index (χ0) is 15.6. The second-order valence-corrected chi connectivity index (χ2v) is 4.86. The topological polar surface area (TPSA) is 99.7 Å². The summed E-state index contributed by atoms with van der Waals surface area (Å²) in [5, 5.41) is 14.4. The van der Waals surface area contributed by atoms with Gasteiger partial charge in [-0.15, -0.1) is 5.11 Å². The van der Waals surface area contributed by atoms with Crippen LogP contribution in [0.2, 0.25) is 0 Å².